The Balaban J connectivity index is 1.55. The summed E-state index contributed by atoms with van der Waals surface area (Å²) in [6, 6.07) is 5.76. The predicted octanol–water partition coefficient (Wildman–Crippen LogP) is 3.63. The van der Waals surface area contributed by atoms with Crippen LogP contribution in [0.1, 0.15) is 51.0 Å². The SMILES string of the molecule is CCO[C@H]1C[C@@H](NC(=O)NCc2ccc(OC)c(OC)c2)C12CCCCC2. The van der Waals surface area contributed by atoms with Crippen LogP contribution in [0.25, 0.3) is 0 Å². The fraction of sp³-hybridized carbons (Fsp3) is 0.667. The molecular formula is C21H32N2O4. The van der Waals surface area contributed by atoms with Crippen molar-refractivity contribution in [3.63, 3.8) is 0 Å². The molecule has 2 saturated carbocycles. The molecule has 0 aromatic heterocycles. The maximum absolute atomic E-state index is 12.5. The van der Waals surface area contributed by atoms with E-state index >= 15 is 0 Å². The van der Waals surface area contributed by atoms with Crippen LogP contribution in [-0.4, -0.2) is 39.0 Å². The van der Waals surface area contributed by atoms with Gasteiger partial charge in [0.1, 0.15) is 0 Å². The summed E-state index contributed by atoms with van der Waals surface area (Å²) in [5, 5.41) is 6.17. The van der Waals surface area contributed by atoms with E-state index in [1.54, 1.807) is 14.2 Å². The van der Waals surface area contributed by atoms with Gasteiger partial charge in [0.05, 0.1) is 20.3 Å². The predicted molar refractivity (Wildman–Crippen MR) is 104 cm³/mol. The van der Waals surface area contributed by atoms with E-state index in [2.05, 4.69) is 10.6 Å². The smallest absolute Gasteiger partial charge is 0.315 e. The van der Waals surface area contributed by atoms with Crippen molar-refractivity contribution in [2.75, 3.05) is 20.8 Å². The molecule has 2 atom stereocenters. The third-order valence-corrected chi connectivity index (χ3v) is 6.14. The van der Waals surface area contributed by atoms with Gasteiger partial charge in [-0.05, 0) is 43.9 Å². The lowest BCUT2D eigenvalue weighted by Crippen LogP contribution is -2.66. The molecule has 0 saturated heterocycles. The third-order valence-electron chi connectivity index (χ3n) is 6.14. The van der Waals surface area contributed by atoms with Gasteiger partial charge < -0.3 is 24.8 Å². The van der Waals surface area contributed by atoms with Gasteiger partial charge in [-0.1, -0.05) is 25.3 Å². The Morgan fingerprint density at radius 2 is 1.89 bits per heavy atom. The van der Waals surface area contributed by atoms with Gasteiger partial charge >= 0.3 is 6.03 Å². The van der Waals surface area contributed by atoms with Gasteiger partial charge in [0.25, 0.3) is 0 Å². The van der Waals surface area contributed by atoms with Gasteiger partial charge in [0.2, 0.25) is 0 Å². The van der Waals surface area contributed by atoms with Gasteiger partial charge in [0, 0.05) is 24.6 Å². The van der Waals surface area contributed by atoms with Crippen LogP contribution in [-0.2, 0) is 11.3 Å². The Bertz CT molecular complexity index is 643. The van der Waals surface area contributed by atoms with Crippen LogP contribution in [0.3, 0.4) is 0 Å². The highest BCUT2D eigenvalue weighted by Gasteiger charge is 2.56. The first-order valence-corrected chi connectivity index (χ1v) is 10.00. The summed E-state index contributed by atoms with van der Waals surface area (Å²) < 4.78 is 16.5. The minimum absolute atomic E-state index is 0.116. The molecule has 1 spiro atoms. The molecular weight excluding hydrogens is 344 g/mol. The summed E-state index contributed by atoms with van der Waals surface area (Å²) in [7, 11) is 3.22. The maximum Gasteiger partial charge on any atom is 0.315 e. The normalized spacial score (nSPS) is 23.4. The Labute approximate surface area is 161 Å². The molecule has 0 unspecified atom stereocenters. The molecule has 6 heteroatoms. The molecule has 0 radical (unpaired) electrons. The molecule has 2 fully saturated rings. The largest absolute Gasteiger partial charge is 0.493 e. The molecule has 2 aliphatic rings. The van der Waals surface area contributed by atoms with Crippen molar-refractivity contribution in [2.45, 2.75) is 64.1 Å². The van der Waals surface area contributed by atoms with Crippen LogP contribution in [0, 0.1) is 5.41 Å². The Morgan fingerprint density at radius 1 is 1.15 bits per heavy atom. The van der Waals surface area contributed by atoms with E-state index in [-0.39, 0.29) is 17.5 Å². The topological polar surface area (TPSA) is 68.8 Å². The highest BCUT2D eigenvalue weighted by atomic mass is 16.5. The number of benzene rings is 1. The van der Waals surface area contributed by atoms with Crippen LogP contribution in [0.15, 0.2) is 18.2 Å². The third kappa shape index (κ3) is 4.15. The fourth-order valence-corrected chi connectivity index (χ4v) is 4.65. The molecule has 150 valence electrons. The molecule has 2 aliphatic carbocycles. The lowest BCUT2D eigenvalue weighted by Gasteiger charge is -2.57. The van der Waals surface area contributed by atoms with Crippen molar-refractivity contribution in [3.05, 3.63) is 23.8 Å². The summed E-state index contributed by atoms with van der Waals surface area (Å²) in [5.41, 5.74) is 1.10. The molecule has 2 N–H and O–H groups in total. The van der Waals surface area contributed by atoms with Gasteiger partial charge in [-0.15, -0.1) is 0 Å². The zero-order chi connectivity index (χ0) is 19.3. The molecule has 0 aliphatic heterocycles. The second kappa shape index (κ2) is 8.83. The first kappa shape index (κ1) is 19.8. The van der Waals surface area contributed by atoms with Gasteiger partial charge in [-0.2, -0.15) is 0 Å². The zero-order valence-electron chi connectivity index (χ0n) is 16.7. The minimum atomic E-state index is -0.116. The Hall–Kier alpha value is -1.95. The second-order valence-electron chi connectivity index (χ2n) is 7.54. The molecule has 27 heavy (non-hydrogen) atoms. The molecule has 0 heterocycles. The number of methoxy groups -OCH3 is 2. The van der Waals surface area contributed by atoms with Crippen molar-refractivity contribution in [2.24, 2.45) is 5.41 Å². The summed E-state index contributed by atoms with van der Waals surface area (Å²) in [6.07, 6.45) is 7.26. The lowest BCUT2D eigenvalue weighted by molar-refractivity contribution is -0.146. The lowest BCUT2D eigenvalue weighted by atomic mass is 9.55. The van der Waals surface area contributed by atoms with Crippen molar-refractivity contribution in [3.8, 4) is 11.5 Å². The average molecular weight is 376 g/mol. The summed E-state index contributed by atoms with van der Waals surface area (Å²) in [5.74, 6) is 1.35. The number of urea groups is 1. The van der Waals surface area contributed by atoms with Crippen LogP contribution >= 0.6 is 0 Å². The number of carbonyl (C=O) groups is 1. The Morgan fingerprint density at radius 3 is 2.56 bits per heavy atom. The number of rotatable bonds is 7. The van der Waals surface area contributed by atoms with E-state index < -0.39 is 0 Å². The number of ether oxygens (including phenoxy) is 3. The standard InChI is InChI=1S/C21H32N2O4/c1-4-27-19-13-18(21(19)10-6-5-7-11-21)23-20(24)22-14-15-8-9-16(25-2)17(12-15)26-3/h8-9,12,18-19H,4-7,10-11,13-14H2,1-3H3,(H2,22,23,24)/t18-,19+/m1/s1. The van der Waals surface area contributed by atoms with E-state index in [1.807, 2.05) is 25.1 Å². The quantitative estimate of drug-likeness (QED) is 0.762. The summed E-state index contributed by atoms with van der Waals surface area (Å²) in [6.45, 7) is 3.23. The van der Waals surface area contributed by atoms with Crippen LogP contribution in [0.4, 0.5) is 4.79 Å². The van der Waals surface area contributed by atoms with Gasteiger partial charge in [-0.25, -0.2) is 4.79 Å². The van der Waals surface area contributed by atoms with Crippen LogP contribution < -0.4 is 20.1 Å². The van der Waals surface area contributed by atoms with Crippen LogP contribution in [0.2, 0.25) is 0 Å². The van der Waals surface area contributed by atoms with E-state index in [4.69, 9.17) is 14.2 Å². The van der Waals surface area contributed by atoms with Crippen molar-refractivity contribution in [1.82, 2.24) is 10.6 Å². The maximum atomic E-state index is 12.5. The van der Waals surface area contributed by atoms with Crippen molar-refractivity contribution < 1.29 is 19.0 Å². The number of amides is 2. The molecule has 2 amide bonds. The molecule has 6 nitrogen and oxygen atoms in total. The Kier molecular flexibility index (Phi) is 6.47. The number of hydrogen-bond donors (Lipinski definition) is 2. The minimum Gasteiger partial charge on any atom is -0.493 e. The fourth-order valence-electron chi connectivity index (χ4n) is 4.65. The van der Waals surface area contributed by atoms with Crippen LogP contribution in [0.5, 0.6) is 11.5 Å². The average Bonchev–Trinajstić information content (AvgIpc) is 2.71. The molecule has 0 bridgehead atoms. The molecule has 1 aromatic rings. The first-order chi connectivity index (χ1) is 13.1. The molecule has 1 aromatic carbocycles. The van der Waals surface area contributed by atoms with E-state index in [9.17, 15) is 4.79 Å². The van der Waals surface area contributed by atoms with E-state index in [0.717, 1.165) is 31.4 Å². The first-order valence-electron chi connectivity index (χ1n) is 10.00. The van der Waals surface area contributed by atoms with Gasteiger partial charge in [0.15, 0.2) is 11.5 Å². The number of carbonyl (C=O) groups excluding carboxylic acids is 1. The highest BCUT2D eigenvalue weighted by molar-refractivity contribution is 5.74. The number of nitrogens with one attached hydrogen (secondary N) is 2. The monoisotopic (exact) mass is 376 g/mol. The summed E-state index contributed by atoms with van der Waals surface area (Å²) in [4.78, 5) is 12.5. The summed E-state index contributed by atoms with van der Waals surface area (Å²) >= 11 is 0. The van der Waals surface area contributed by atoms with Crippen molar-refractivity contribution >= 4 is 6.03 Å². The number of hydrogen-bond acceptors (Lipinski definition) is 4. The van der Waals surface area contributed by atoms with E-state index in [0.29, 0.717) is 24.1 Å². The highest BCUT2D eigenvalue weighted by Crippen LogP contribution is 2.53. The van der Waals surface area contributed by atoms with Gasteiger partial charge in [-0.3, -0.25) is 0 Å². The van der Waals surface area contributed by atoms with E-state index in [1.165, 1.54) is 19.3 Å². The van der Waals surface area contributed by atoms with Crippen molar-refractivity contribution in [1.29, 1.82) is 0 Å². The molecule has 3 rings (SSSR count). The zero-order valence-corrected chi connectivity index (χ0v) is 16.7. The second-order valence-corrected chi connectivity index (χ2v) is 7.54.